The van der Waals surface area contributed by atoms with Crippen LogP contribution >= 0.6 is 0 Å². The zero-order valence-electron chi connectivity index (χ0n) is 8.17. The van der Waals surface area contributed by atoms with Crippen molar-refractivity contribution in [3.05, 3.63) is 0 Å². The summed E-state index contributed by atoms with van der Waals surface area (Å²) in [7, 11) is 0. The van der Waals surface area contributed by atoms with E-state index in [1.807, 2.05) is 6.92 Å². The third-order valence-electron chi connectivity index (χ3n) is 1.23. The van der Waals surface area contributed by atoms with E-state index < -0.39 is 5.97 Å². The molecule has 0 heterocycles. The van der Waals surface area contributed by atoms with Gasteiger partial charge >= 0.3 is 57.4 Å². The Morgan fingerprint density at radius 2 is 1.92 bits per heavy atom. The van der Waals surface area contributed by atoms with Crippen LogP contribution < -0.4 is 56.5 Å². The fourth-order valence-corrected chi connectivity index (χ4v) is 0.665. The van der Waals surface area contributed by atoms with E-state index in [0.717, 1.165) is 6.42 Å². The van der Waals surface area contributed by atoms with Crippen LogP contribution in [0.15, 0.2) is 0 Å². The molecule has 13 heavy (non-hydrogen) atoms. The predicted molar refractivity (Wildman–Crippen MR) is 40.1 cm³/mol. The number of carboxylic acids is 1. The van der Waals surface area contributed by atoms with Gasteiger partial charge in [-0.25, -0.2) is 0 Å². The molecule has 0 aromatic carbocycles. The summed E-state index contributed by atoms with van der Waals surface area (Å²) in [4.78, 5) is 20.7. The minimum Gasteiger partial charge on any atom is -0.550 e. The maximum absolute atomic E-state index is 10.7. The van der Waals surface area contributed by atoms with Crippen molar-refractivity contribution in [2.75, 3.05) is 6.61 Å². The van der Waals surface area contributed by atoms with Crippen molar-refractivity contribution in [2.24, 2.45) is 0 Å². The summed E-state index contributed by atoms with van der Waals surface area (Å²) in [6.45, 7) is 2.30. The van der Waals surface area contributed by atoms with E-state index >= 15 is 0 Å². The molecule has 0 radical (unpaired) electrons. The zero-order chi connectivity index (χ0) is 9.40. The number of carbonyl (C=O) groups is 2. The van der Waals surface area contributed by atoms with Gasteiger partial charge in [0, 0.05) is 12.4 Å². The van der Waals surface area contributed by atoms with Gasteiger partial charge in [-0.3, -0.25) is 4.79 Å². The van der Waals surface area contributed by atoms with E-state index in [9.17, 15) is 14.7 Å². The number of hydrogen-bond acceptors (Lipinski definition) is 4. The molecule has 0 atom stereocenters. The molecule has 70 valence electrons. The Morgan fingerprint density at radius 1 is 1.31 bits per heavy atom. The van der Waals surface area contributed by atoms with Crippen LogP contribution in [0.1, 0.15) is 32.6 Å². The molecule has 0 saturated heterocycles. The molecule has 0 aromatic heterocycles. The van der Waals surface area contributed by atoms with Crippen LogP contribution in [0.2, 0.25) is 0 Å². The third-order valence-corrected chi connectivity index (χ3v) is 1.23. The molecule has 0 spiro atoms. The fraction of sp³-hybridized carbons (Fsp3) is 0.750. The first-order chi connectivity index (χ1) is 5.66. The van der Waals surface area contributed by atoms with Crippen molar-refractivity contribution in [3.8, 4) is 0 Å². The number of aliphatic carboxylic acids is 1. The van der Waals surface area contributed by atoms with Crippen LogP contribution in [0.3, 0.4) is 0 Å². The molecular formula is C8H13KO4. The molecule has 0 aromatic rings. The van der Waals surface area contributed by atoms with E-state index in [2.05, 4.69) is 0 Å². The molecule has 0 aliphatic rings. The fourth-order valence-electron chi connectivity index (χ4n) is 0.665. The van der Waals surface area contributed by atoms with Crippen molar-refractivity contribution in [2.45, 2.75) is 32.6 Å². The molecule has 0 fully saturated rings. The van der Waals surface area contributed by atoms with Gasteiger partial charge in [-0.05, 0) is 19.3 Å². The van der Waals surface area contributed by atoms with Crippen molar-refractivity contribution in [1.29, 1.82) is 0 Å². The zero-order valence-corrected chi connectivity index (χ0v) is 11.3. The Bertz CT molecular complexity index is 158. The monoisotopic (exact) mass is 212 g/mol. The molecule has 0 bridgehead atoms. The number of carboxylic acid groups (broad SMARTS) is 1. The average molecular weight is 212 g/mol. The van der Waals surface area contributed by atoms with Crippen LogP contribution in [-0.4, -0.2) is 18.5 Å². The minimum atomic E-state index is -1.13. The number of rotatable bonds is 6. The quantitative estimate of drug-likeness (QED) is 0.345. The number of carbonyl (C=O) groups excluding carboxylic acids is 2. The molecule has 0 aliphatic heterocycles. The standard InChI is InChI=1S/C8H14O4.K/c1-2-6-12-8(11)5-3-4-7(9)10;/h2-6H2,1H3,(H,9,10);/q;+1/p-1. The van der Waals surface area contributed by atoms with Gasteiger partial charge in [0.25, 0.3) is 0 Å². The van der Waals surface area contributed by atoms with Crippen molar-refractivity contribution in [1.82, 2.24) is 0 Å². The van der Waals surface area contributed by atoms with E-state index in [4.69, 9.17) is 4.74 Å². The molecule has 0 amide bonds. The second-order valence-corrected chi connectivity index (χ2v) is 2.45. The Labute approximate surface area is 120 Å². The predicted octanol–water partition coefficient (Wildman–Crippen LogP) is -3.14. The number of hydrogen-bond donors (Lipinski definition) is 0. The Balaban J connectivity index is 0. The molecule has 4 nitrogen and oxygen atoms in total. The van der Waals surface area contributed by atoms with E-state index in [-0.39, 0.29) is 70.2 Å². The first kappa shape index (κ1) is 16.0. The van der Waals surface area contributed by atoms with E-state index in [0.29, 0.717) is 13.0 Å². The molecule has 0 saturated carbocycles. The summed E-state index contributed by atoms with van der Waals surface area (Å²) in [6.07, 6.45) is 1.16. The van der Waals surface area contributed by atoms with Gasteiger partial charge in [-0.15, -0.1) is 0 Å². The molecule has 0 rings (SSSR count). The summed E-state index contributed by atoms with van der Waals surface area (Å²) in [6, 6.07) is 0. The normalized spacial score (nSPS) is 8.69. The molecule has 5 heteroatoms. The summed E-state index contributed by atoms with van der Waals surface area (Å²) in [5.74, 6) is -1.46. The molecule has 0 aliphatic carbocycles. The topological polar surface area (TPSA) is 66.4 Å². The van der Waals surface area contributed by atoms with Gasteiger partial charge in [0.1, 0.15) is 0 Å². The summed E-state index contributed by atoms with van der Waals surface area (Å²) >= 11 is 0. The average Bonchev–Trinajstić information content (AvgIpc) is 2.00. The van der Waals surface area contributed by atoms with E-state index in [1.165, 1.54) is 0 Å². The molecule has 0 unspecified atom stereocenters. The van der Waals surface area contributed by atoms with Gasteiger partial charge in [0.2, 0.25) is 0 Å². The van der Waals surface area contributed by atoms with Crippen LogP contribution in [-0.2, 0) is 14.3 Å². The Kier molecular flexibility index (Phi) is 13.1. The Morgan fingerprint density at radius 3 is 2.38 bits per heavy atom. The van der Waals surface area contributed by atoms with Gasteiger partial charge < -0.3 is 14.6 Å². The summed E-state index contributed by atoms with van der Waals surface area (Å²) in [5.41, 5.74) is 0. The summed E-state index contributed by atoms with van der Waals surface area (Å²) < 4.78 is 4.72. The van der Waals surface area contributed by atoms with Gasteiger partial charge in [0.15, 0.2) is 0 Å². The van der Waals surface area contributed by atoms with Crippen LogP contribution in [0, 0.1) is 0 Å². The third kappa shape index (κ3) is 12.6. The van der Waals surface area contributed by atoms with Crippen molar-refractivity contribution >= 4 is 11.9 Å². The molecule has 0 N–H and O–H groups in total. The smallest absolute Gasteiger partial charge is 0.550 e. The minimum absolute atomic E-state index is 0. The summed E-state index contributed by atoms with van der Waals surface area (Å²) in [5, 5.41) is 9.93. The van der Waals surface area contributed by atoms with Crippen molar-refractivity contribution in [3.63, 3.8) is 0 Å². The second kappa shape index (κ2) is 10.7. The number of ether oxygens (including phenoxy) is 1. The van der Waals surface area contributed by atoms with Crippen molar-refractivity contribution < 1.29 is 70.8 Å². The Hall–Kier alpha value is 0.576. The van der Waals surface area contributed by atoms with Gasteiger partial charge in [0.05, 0.1) is 6.61 Å². The van der Waals surface area contributed by atoms with Gasteiger partial charge in [-0.1, -0.05) is 6.92 Å². The molecular weight excluding hydrogens is 199 g/mol. The largest absolute Gasteiger partial charge is 1.00 e. The van der Waals surface area contributed by atoms with Crippen LogP contribution in [0.5, 0.6) is 0 Å². The number of esters is 1. The van der Waals surface area contributed by atoms with Gasteiger partial charge in [-0.2, -0.15) is 0 Å². The maximum Gasteiger partial charge on any atom is 1.00 e. The van der Waals surface area contributed by atoms with E-state index in [1.54, 1.807) is 0 Å². The second-order valence-electron chi connectivity index (χ2n) is 2.45. The maximum atomic E-state index is 10.7. The SMILES string of the molecule is CCCOC(=O)CCCC(=O)[O-].[K+]. The first-order valence-corrected chi connectivity index (χ1v) is 4.02. The van der Waals surface area contributed by atoms with Crippen LogP contribution in [0.25, 0.3) is 0 Å². The first-order valence-electron chi connectivity index (χ1n) is 4.02. The van der Waals surface area contributed by atoms with Crippen LogP contribution in [0.4, 0.5) is 0 Å².